The minimum Gasteiger partial charge on any atom is -0.375 e. The molecule has 0 bridgehead atoms. The summed E-state index contributed by atoms with van der Waals surface area (Å²) < 4.78 is 8.26. The van der Waals surface area contributed by atoms with Gasteiger partial charge in [0.05, 0.1) is 23.0 Å². The number of nitrogens with zero attached hydrogens (tertiary/aromatic N) is 2. The Morgan fingerprint density at radius 2 is 2.24 bits per heavy atom. The third kappa shape index (κ3) is 3.02. The first-order valence-electron chi connectivity index (χ1n) is 8.51. The largest absolute Gasteiger partial charge is 0.375 e. The van der Waals surface area contributed by atoms with Crippen LogP contribution in [0.15, 0.2) is 6.07 Å². The molecular weight excluding hydrogens is 262 g/mol. The van der Waals surface area contributed by atoms with Gasteiger partial charge in [0, 0.05) is 13.7 Å². The molecule has 1 aromatic rings. The smallest absolute Gasteiger partial charge is 0.0686 e. The fourth-order valence-electron chi connectivity index (χ4n) is 4.37. The lowest BCUT2D eigenvalue weighted by Crippen LogP contribution is -2.42. The van der Waals surface area contributed by atoms with Crippen LogP contribution in [0, 0.1) is 12.8 Å². The van der Waals surface area contributed by atoms with Crippen LogP contribution in [0.25, 0.3) is 0 Å². The first-order chi connectivity index (χ1) is 10.1. The molecule has 3 rings (SSSR count). The topological polar surface area (TPSA) is 39.1 Å². The van der Waals surface area contributed by atoms with Crippen molar-refractivity contribution in [3.8, 4) is 0 Å². The van der Waals surface area contributed by atoms with Crippen molar-refractivity contribution < 1.29 is 4.74 Å². The molecule has 2 unspecified atom stereocenters. The van der Waals surface area contributed by atoms with Crippen molar-refractivity contribution in [2.75, 3.05) is 13.2 Å². The predicted molar refractivity (Wildman–Crippen MR) is 84.2 cm³/mol. The number of hydrogen-bond donors (Lipinski definition) is 1. The Bertz CT molecular complexity index is 476. The molecule has 21 heavy (non-hydrogen) atoms. The highest BCUT2D eigenvalue weighted by molar-refractivity contribution is 5.15. The molecule has 2 heterocycles. The fraction of sp³-hybridized carbons (Fsp3) is 0.824. The Morgan fingerprint density at radius 1 is 1.48 bits per heavy atom. The lowest BCUT2D eigenvalue weighted by atomic mass is 9.79. The van der Waals surface area contributed by atoms with Gasteiger partial charge in [0.15, 0.2) is 0 Å². The van der Waals surface area contributed by atoms with E-state index in [2.05, 4.69) is 42.1 Å². The Labute approximate surface area is 128 Å². The van der Waals surface area contributed by atoms with E-state index < -0.39 is 0 Å². The van der Waals surface area contributed by atoms with Crippen LogP contribution >= 0.6 is 0 Å². The number of aryl methyl sites for hydroxylation is 2. The zero-order valence-electron chi connectivity index (χ0n) is 13.7. The van der Waals surface area contributed by atoms with Crippen molar-refractivity contribution >= 4 is 0 Å². The van der Waals surface area contributed by atoms with Crippen LogP contribution in [0.2, 0.25) is 0 Å². The lowest BCUT2D eigenvalue weighted by molar-refractivity contribution is -0.0985. The van der Waals surface area contributed by atoms with E-state index in [0.717, 1.165) is 25.3 Å². The number of aromatic nitrogens is 2. The maximum atomic E-state index is 6.21. The zero-order valence-corrected chi connectivity index (χ0v) is 13.7. The summed E-state index contributed by atoms with van der Waals surface area (Å²) in [5, 5.41) is 8.26. The molecule has 1 saturated heterocycles. The molecule has 1 aliphatic heterocycles. The zero-order chi connectivity index (χ0) is 14.9. The second-order valence-corrected chi connectivity index (χ2v) is 6.86. The van der Waals surface area contributed by atoms with Gasteiger partial charge in [-0.25, -0.2) is 0 Å². The summed E-state index contributed by atoms with van der Waals surface area (Å²) >= 11 is 0. The molecule has 1 aromatic heterocycles. The first kappa shape index (κ1) is 15.0. The average molecular weight is 291 g/mol. The maximum Gasteiger partial charge on any atom is 0.0686 e. The second kappa shape index (κ2) is 6.09. The number of ether oxygens (including phenoxy) is 1. The molecule has 1 spiro atoms. The minimum absolute atomic E-state index is 0.185. The van der Waals surface area contributed by atoms with E-state index in [1.54, 1.807) is 0 Å². The van der Waals surface area contributed by atoms with E-state index in [0.29, 0.717) is 12.0 Å². The normalized spacial score (nSPS) is 26.3. The van der Waals surface area contributed by atoms with Gasteiger partial charge in [0.2, 0.25) is 0 Å². The molecule has 118 valence electrons. The molecule has 4 nitrogen and oxygen atoms in total. The summed E-state index contributed by atoms with van der Waals surface area (Å²) in [5.41, 5.74) is 2.62. The number of hydrogen-bond acceptors (Lipinski definition) is 3. The minimum atomic E-state index is 0.185. The Balaban J connectivity index is 1.81. The van der Waals surface area contributed by atoms with Crippen molar-refractivity contribution in [2.24, 2.45) is 13.0 Å². The number of nitrogens with one attached hydrogen (secondary N) is 1. The van der Waals surface area contributed by atoms with Crippen molar-refractivity contribution in [3.05, 3.63) is 17.5 Å². The highest BCUT2D eigenvalue weighted by atomic mass is 16.5. The quantitative estimate of drug-likeness (QED) is 0.926. The third-order valence-electron chi connectivity index (χ3n) is 5.30. The third-order valence-corrected chi connectivity index (χ3v) is 5.30. The van der Waals surface area contributed by atoms with Gasteiger partial charge in [-0.3, -0.25) is 4.68 Å². The predicted octanol–water partition coefficient (Wildman–Crippen LogP) is 3.12. The van der Waals surface area contributed by atoms with E-state index in [9.17, 15) is 0 Å². The Hall–Kier alpha value is -0.870. The summed E-state index contributed by atoms with van der Waals surface area (Å²) in [4.78, 5) is 0. The summed E-state index contributed by atoms with van der Waals surface area (Å²) in [6.45, 7) is 6.19. The molecule has 1 aliphatic carbocycles. The molecule has 2 fully saturated rings. The summed E-state index contributed by atoms with van der Waals surface area (Å²) in [6.07, 6.45) is 7.55. The molecule has 2 aliphatic rings. The Kier molecular flexibility index (Phi) is 4.36. The standard InChI is InChI=1S/C17H29N3O/c1-4-18-16(15-11-13(2)19-20(15)3)14-7-10-21-17(12-14)8-5-6-9-17/h11,14,16,18H,4-10,12H2,1-3H3. The highest BCUT2D eigenvalue weighted by Crippen LogP contribution is 2.45. The molecule has 2 atom stereocenters. The molecular formula is C17H29N3O. The van der Waals surface area contributed by atoms with E-state index in [-0.39, 0.29) is 5.60 Å². The van der Waals surface area contributed by atoms with E-state index in [1.165, 1.54) is 37.8 Å². The average Bonchev–Trinajstić information content (AvgIpc) is 3.03. The fourth-order valence-corrected chi connectivity index (χ4v) is 4.37. The molecule has 0 radical (unpaired) electrons. The monoisotopic (exact) mass is 291 g/mol. The summed E-state index contributed by atoms with van der Waals surface area (Å²) in [7, 11) is 2.07. The SMILES string of the molecule is CCNC(c1cc(C)nn1C)C1CCOC2(CCCC2)C1. The van der Waals surface area contributed by atoms with Gasteiger partial charge in [-0.1, -0.05) is 19.8 Å². The van der Waals surface area contributed by atoms with E-state index in [1.807, 2.05) is 0 Å². The highest BCUT2D eigenvalue weighted by Gasteiger charge is 2.42. The molecule has 4 heteroatoms. The molecule has 0 aromatic carbocycles. The molecule has 1 N–H and O–H groups in total. The van der Waals surface area contributed by atoms with Gasteiger partial charge in [-0.05, 0) is 51.1 Å². The van der Waals surface area contributed by atoms with Crippen LogP contribution in [0.4, 0.5) is 0 Å². The van der Waals surface area contributed by atoms with Crippen LogP contribution < -0.4 is 5.32 Å². The van der Waals surface area contributed by atoms with Gasteiger partial charge in [0.25, 0.3) is 0 Å². The van der Waals surface area contributed by atoms with Crippen molar-refractivity contribution in [2.45, 2.75) is 64.0 Å². The van der Waals surface area contributed by atoms with Crippen LogP contribution in [-0.2, 0) is 11.8 Å². The van der Waals surface area contributed by atoms with Gasteiger partial charge >= 0.3 is 0 Å². The van der Waals surface area contributed by atoms with Crippen molar-refractivity contribution in [3.63, 3.8) is 0 Å². The molecule has 0 amide bonds. The maximum absolute atomic E-state index is 6.21. The number of rotatable bonds is 4. The summed E-state index contributed by atoms with van der Waals surface area (Å²) in [5.74, 6) is 0.659. The van der Waals surface area contributed by atoms with Crippen LogP contribution in [0.5, 0.6) is 0 Å². The van der Waals surface area contributed by atoms with E-state index in [4.69, 9.17) is 4.74 Å². The van der Waals surface area contributed by atoms with Crippen molar-refractivity contribution in [1.82, 2.24) is 15.1 Å². The lowest BCUT2D eigenvalue weighted by Gasteiger charge is -2.41. The van der Waals surface area contributed by atoms with Gasteiger partial charge in [0.1, 0.15) is 0 Å². The van der Waals surface area contributed by atoms with Gasteiger partial charge in [-0.2, -0.15) is 5.10 Å². The van der Waals surface area contributed by atoms with E-state index >= 15 is 0 Å². The second-order valence-electron chi connectivity index (χ2n) is 6.86. The van der Waals surface area contributed by atoms with Crippen LogP contribution in [-0.4, -0.2) is 28.5 Å². The van der Waals surface area contributed by atoms with Crippen LogP contribution in [0.3, 0.4) is 0 Å². The van der Waals surface area contributed by atoms with Gasteiger partial charge < -0.3 is 10.1 Å². The van der Waals surface area contributed by atoms with Crippen molar-refractivity contribution in [1.29, 1.82) is 0 Å². The Morgan fingerprint density at radius 3 is 2.86 bits per heavy atom. The van der Waals surface area contributed by atoms with Crippen LogP contribution in [0.1, 0.15) is 62.9 Å². The summed E-state index contributed by atoms with van der Waals surface area (Å²) in [6, 6.07) is 2.65. The first-order valence-corrected chi connectivity index (χ1v) is 8.51. The van der Waals surface area contributed by atoms with Gasteiger partial charge in [-0.15, -0.1) is 0 Å². The molecule has 1 saturated carbocycles.